The Morgan fingerprint density at radius 3 is 2.03 bits per heavy atom. The highest BCUT2D eigenvalue weighted by atomic mass is 16.3. The van der Waals surface area contributed by atoms with Gasteiger partial charge in [-0.1, -0.05) is 55.4 Å². The molecule has 190 valence electrons. The van der Waals surface area contributed by atoms with Gasteiger partial charge < -0.3 is 15.3 Å². The van der Waals surface area contributed by atoms with Crippen LogP contribution in [-0.2, 0) is 0 Å². The van der Waals surface area contributed by atoms with Crippen LogP contribution in [0.5, 0.6) is 0 Å². The minimum absolute atomic E-state index is 0.0761. The van der Waals surface area contributed by atoms with Gasteiger partial charge in [-0.3, -0.25) is 0 Å². The van der Waals surface area contributed by atoms with E-state index in [1.165, 1.54) is 32.1 Å². The quantitative estimate of drug-likeness (QED) is 0.404. The van der Waals surface area contributed by atoms with Crippen LogP contribution < -0.4 is 0 Å². The molecule has 0 aromatic rings. The summed E-state index contributed by atoms with van der Waals surface area (Å²) in [6, 6.07) is 0. The van der Waals surface area contributed by atoms with Gasteiger partial charge in [-0.2, -0.15) is 0 Å². The van der Waals surface area contributed by atoms with Gasteiger partial charge >= 0.3 is 0 Å². The van der Waals surface area contributed by atoms with Crippen LogP contribution in [0.15, 0.2) is 0 Å². The Bertz CT molecular complexity index is 808. The Hall–Kier alpha value is -0.120. The third-order valence-electron chi connectivity index (χ3n) is 14.2. The molecule has 0 aliphatic heterocycles. The number of aliphatic hydroxyl groups is 3. The highest BCUT2D eigenvalue weighted by Gasteiger charge is 2.75. The Morgan fingerprint density at radius 1 is 0.727 bits per heavy atom. The van der Waals surface area contributed by atoms with E-state index < -0.39 is 28.6 Å². The summed E-state index contributed by atoms with van der Waals surface area (Å²) >= 11 is 0. The van der Waals surface area contributed by atoms with Crippen molar-refractivity contribution < 1.29 is 15.3 Å². The number of hydrogen-bond donors (Lipinski definition) is 3. The van der Waals surface area contributed by atoms with Gasteiger partial charge in [-0.05, 0) is 109 Å². The SMILES string of the molecule is C[C@@H]1[C@H]2[C@H]3CC[C@H]4[C@@](C)(CC[C@@]5(O)C(C)(C)CC(O)C(O)[C@]45C)[C@]3(C)CC[C@@]2(C)CC[C@H]1C. The first-order chi connectivity index (χ1) is 15.1. The summed E-state index contributed by atoms with van der Waals surface area (Å²) in [6.07, 6.45) is 8.27. The molecule has 5 aliphatic rings. The number of rotatable bonds is 0. The first-order valence-corrected chi connectivity index (χ1v) is 14.2. The lowest BCUT2D eigenvalue weighted by atomic mass is 9.30. The molecule has 0 saturated heterocycles. The molecule has 0 radical (unpaired) electrons. The van der Waals surface area contributed by atoms with Crippen LogP contribution in [0.2, 0.25) is 0 Å². The maximum atomic E-state index is 12.3. The molecule has 3 N–H and O–H groups in total. The third kappa shape index (κ3) is 2.69. The van der Waals surface area contributed by atoms with Crippen molar-refractivity contribution in [2.45, 2.75) is 131 Å². The van der Waals surface area contributed by atoms with Gasteiger partial charge in [0, 0.05) is 5.41 Å². The average Bonchev–Trinajstić information content (AvgIpc) is 2.73. The largest absolute Gasteiger partial charge is 0.390 e. The van der Waals surface area contributed by atoms with Crippen molar-refractivity contribution in [3.05, 3.63) is 0 Å². The highest BCUT2D eigenvalue weighted by molar-refractivity contribution is 5.25. The van der Waals surface area contributed by atoms with Gasteiger partial charge in [0.2, 0.25) is 0 Å². The summed E-state index contributed by atoms with van der Waals surface area (Å²) in [6.45, 7) is 19.1. The van der Waals surface area contributed by atoms with E-state index in [2.05, 4.69) is 55.4 Å². The van der Waals surface area contributed by atoms with Gasteiger partial charge in [0.05, 0.1) is 17.8 Å². The Labute approximate surface area is 203 Å². The zero-order chi connectivity index (χ0) is 24.4. The van der Waals surface area contributed by atoms with Gasteiger partial charge in [0.15, 0.2) is 0 Å². The molecule has 5 aliphatic carbocycles. The molecule has 3 nitrogen and oxygen atoms in total. The fourth-order valence-electron chi connectivity index (χ4n) is 11.7. The van der Waals surface area contributed by atoms with Crippen LogP contribution in [0.4, 0.5) is 0 Å². The van der Waals surface area contributed by atoms with E-state index in [0.717, 1.165) is 42.9 Å². The van der Waals surface area contributed by atoms with Crippen molar-refractivity contribution in [1.29, 1.82) is 0 Å². The van der Waals surface area contributed by atoms with Crippen molar-refractivity contribution >= 4 is 0 Å². The Kier molecular flexibility index (Phi) is 5.21. The minimum atomic E-state index is -0.943. The van der Waals surface area contributed by atoms with Crippen molar-refractivity contribution in [1.82, 2.24) is 0 Å². The molecular weight excluding hydrogens is 408 g/mol. The Morgan fingerprint density at radius 2 is 1.36 bits per heavy atom. The normalized spacial score (nSPS) is 62.5. The second kappa shape index (κ2) is 7.00. The van der Waals surface area contributed by atoms with E-state index in [1.54, 1.807) is 0 Å². The maximum absolute atomic E-state index is 12.3. The molecule has 0 aromatic heterocycles. The van der Waals surface area contributed by atoms with Crippen molar-refractivity contribution in [3.8, 4) is 0 Å². The van der Waals surface area contributed by atoms with Crippen LogP contribution in [-0.4, -0.2) is 33.1 Å². The molecule has 0 aromatic carbocycles. The lowest BCUT2D eigenvalue weighted by molar-refractivity contribution is -0.337. The van der Waals surface area contributed by atoms with E-state index in [1.807, 2.05) is 0 Å². The second-order valence-electron chi connectivity index (χ2n) is 15.4. The van der Waals surface area contributed by atoms with Crippen molar-refractivity contribution in [3.63, 3.8) is 0 Å². The first-order valence-electron chi connectivity index (χ1n) is 14.2. The molecule has 0 amide bonds. The van der Waals surface area contributed by atoms with Gasteiger partial charge in [-0.15, -0.1) is 0 Å². The molecule has 33 heavy (non-hydrogen) atoms. The summed E-state index contributed by atoms with van der Waals surface area (Å²) in [5, 5.41) is 34.9. The summed E-state index contributed by atoms with van der Waals surface area (Å²) in [5.41, 5.74) is -1.25. The summed E-state index contributed by atoms with van der Waals surface area (Å²) in [5.74, 6) is 3.31. The summed E-state index contributed by atoms with van der Waals surface area (Å²) in [7, 11) is 0. The van der Waals surface area contributed by atoms with Crippen LogP contribution in [0.1, 0.15) is 113 Å². The molecule has 0 heterocycles. The molecule has 0 bridgehead atoms. The van der Waals surface area contributed by atoms with Gasteiger partial charge in [0.1, 0.15) is 0 Å². The Balaban J connectivity index is 1.60. The van der Waals surface area contributed by atoms with Crippen molar-refractivity contribution in [2.24, 2.45) is 56.7 Å². The van der Waals surface area contributed by atoms with Gasteiger partial charge in [0.25, 0.3) is 0 Å². The van der Waals surface area contributed by atoms with Crippen LogP contribution >= 0.6 is 0 Å². The fraction of sp³-hybridized carbons (Fsp3) is 1.00. The molecular formula is C30H52O3. The third-order valence-corrected chi connectivity index (χ3v) is 14.2. The van der Waals surface area contributed by atoms with Gasteiger partial charge in [-0.25, -0.2) is 0 Å². The maximum Gasteiger partial charge on any atom is 0.0883 e. The smallest absolute Gasteiger partial charge is 0.0883 e. The van der Waals surface area contributed by atoms with E-state index in [0.29, 0.717) is 11.8 Å². The number of aliphatic hydroxyl groups excluding tert-OH is 2. The molecule has 2 unspecified atom stereocenters. The highest BCUT2D eigenvalue weighted by Crippen LogP contribution is 2.77. The zero-order valence-electron chi connectivity index (χ0n) is 22.7. The predicted octanol–water partition coefficient (Wildman–Crippen LogP) is 6.19. The monoisotopic (exact) mass is 460 g/mol. The molecule has 5 fully saturated rings. The van der Waals surface area contributed by atoms with E-state index in [9.17, 15) is 15.3 Å². The summed E-state index contributed by atoms with van der Waals surface area (Å²) in [4.78, 5) is 0. The predicted molar refractivity (Wildman–Crippen MR) is 134 cm³/mol. The topological polar surface area (TPSA) is 60.7 Å². The van der Waals surface area contributed by atoms with Crippen LogP contribution in [0.3, 0.4) is 0 Å². The minimum Gasteiger partial charge on any atom is -0.390 e. The van der Waals surface area contributed by atoms with E-state index in [4.69, 9.17) is 0 Å². The standard InChI is InChI=1S/C30H52O3/c1-18-11-12-26(5)13-14-27(6)20(23(26)19(18)2)9-10-22-28(27,7)15-16-30(33)25(3,4)17-21(31)24(32)29(22,30)8/h18-24,31-33H,9-17H2,1-8H3/t18-,19+,20-,21?,22+,23+,24?,26-,27-,28-,29+,30-/m1/s1. The van der Waals surface area contributed by atoms with Crippen LogP contribution in [0.25, 0.3) is 0 Å². The second-order valence-corrected chi connectivity index (χ2v) is 15.4. The number of fused-ring (bicyclic) bond motifs is 7. The first kappa shape index (κ1) is 24.6. The van der Waals surface area contributed by atoms with E-state index >= 15 is 0 Å². The fourth-order valence-corrected chi connectivity index (χ4v) is 11.7. The molecule has 3 heteroatoms. The molecule has 5 saturated carbocycles. The van der Waals surface area contributed by atoms with Crippen LogP contribution in [0, 0.1) is 56.7 Å². The average molecular weight is 461 g/mol. The number of hydrogen-bond acceptors (Lipinski definition) is 3. The lowest BCUT2D eigenvalue weighted by Gasteiger charge is -2.76. The zero-order valence-corrected chi connectivity index (χ0v) is 22.7. The van der Waals surface area contributed by atoms with Crippen molar-refractivity contribution in [2.75, 3.05) is 0 Å². The molecule has 5 rings (SSSR count). The van der Waals surface area contributed by atoms with E-state index in [-0.39, 0.29) is 16.7 Å². The lowest BCUT2D eigenvalue weighted by Crippen LogP contribution is -2.77. The molecule has 12 atom stereocenters. The molecule has 0 spiro atoms. The summed E-state index contributed by atoms with van der Waals surface area (Å²) < 4.78 is 0.